The van der Waals surface area contributed by atoms with Crippen LogP contribution in [0, 0.1) is 12.3 Å². The van der Waals surface area contributed by atoms with Crippen molar-refractivity contribution in [3.8, 4) is 22.3 Å². The summed E-state index contributed by atoms with van der Waals surface area (Å²) in [5.41, 5.74) is 14.6. The summed E-state index contributed by atoms with van der Waals surface area (Å²) >= 11 is 1.72. The lowest BCUT2D eigenvalue weighted by atomic mass is 9.91. The molecular formula is C35H53N4OS+. The Bertz CT molecular complexity index is 1220. The molecule has 1 aromatic heterocycles. The highest BCUT2D eigenvalue weighted by Gasteiger charge is 2.18. The summed E-state index contributed by atoms with van der Waals surface area (Å²) in [6.07, 6.45) is 6.82. The van der Waals surface area contributed by atoms with E-state index < -0.39 is 0 Å². The topological polar surface area (TPSA) is 75.7 Å². The molecule has 0 radical (unpaired) electrons. The van der Waals surface area contributed by atoms with Gasteiger partial charge in [0.2, 0.25) is 0 Å². The van der Waals surface area contributed by atoms with Crippen molar-refractivity contribution in [2.24, 2.45) is 11.1 Å². The van der Waals surface area contributed by atoms with Crippen molar-refractivity contribution >= 4 is 23.2 Å². The van der Waals surface area contributed by atoms with Crippen LogP contribution >= 0.6 is 11.9 Å². The lowest BCUT2D eigenvalue weighted by Gasteiger charge is -2.22. The number of hydrogen-bond donors (Lipinski definition) is 3. The Kier molecular flexibility index (Phi) is 14.6. The molecule has 1 aliphatic heterocycles. The van der Waals surface area contributed by atoms with Gasteiger partial charge in [0.05, 0.1) is 6.73 Å². The number of hydrogen-bond acceptors (Lipinski definition) is 5. The second-order valence-corrected chi connectivity index (χ2v) is 12.0. The molecule has 41 heavy (non-hydrogen) atoms. The summed E-state index contributed by atoms with van der Waals surface area (Å²) in [5, 5.41) is 7.35. The van der Waals surface area contributed by atoms with Gasteiger partial charge in [0.25, 0.3) is 0 Å². The molecule has 1 saturated heterocycles. The van der Waals surface area contributed by atoms with Crippen LogP contribution in [0.1, 0.15) is 78.5 Å². The summed E-state index contributed by atoms with van der Waals surface area (Å²) in [6, 6.07) is 18.2. The first kappa shape index (κ1) is 34.6. The molecule has 2 aromatic carbocycles. The van der Waals surface area contributed by atoms with E-state index in [4.69, 9.17) is 5.11 Å². The minimum Gasteiger partial charge on any atom is -0.382 e. The number of nitrogens with zero attached hydrogens (tertiary/aromatic N) is 1. The smallest absolute Gasteiger partial charge is 0.184 e. The number of aliphatic hydroxyl groups is 1. The van der Waals surface area contributed by atoms with Gasteiger partial charge in [-0.3, -0.25) is 4.72 Å². The van der Waals surface area contributed by atoms with Gasteiger partial charge in [-0.15, -0.1) is 0 Å². The van der Waals surface area contributed by atoms with E-state index in [0.29, 0.717) is 5.41 Å². The fraction of sp³-hybridized carbons (Fsp3) is 0.457. The van der Waals surface area contributed by atoms with Crippen molar-refractivity contribution in [3.63, 3.8) is 0 Å². The Morgan fingerprint density at radius 2 is 1.66 bits per heavy atom. The van der Waals surface area contributed by atoms with Gasteiger partial charge in [0.1, 0.15) is 0 Å². The third kappa shape index (κ3) is 10.3. The van der Waals surface area contributed by atoms with Crippen molar-refractivity contribution in [3.05, 3.63) is 72.6 Å². The predicted octanol–water partition coefficient (Wildman–Crippen LogP) is 8.12. The van der Waals surface area contributed by atoms with Crippen LogP contribution in [0.5, 0.6) is 0 Å². The zero-order valence-corrected chi connectivity index (χ0v) is 27.3. The van der Waals surface area contributed by atoms with Crippen LogP contribution in [0.25, 0.3) is 27.8 Å². The number of nitrogens with two attached hydrogens (primary N) is 1. The van der Waals surface area contributed by atoms with Crippen LogP contribution in [0.2, 0.25) is 0 Å². The first-order chi connectivity index (χ1) is 19.7. The van der Waals surface area contributed by atoms with Gasteiger partial charge in [-0.25, -0.2) is 4.98 Å². The quantitative estimate of drug-likeness (QED) is 0.168. The molecule has 0 aliphatic carbocycles. The van der Waals surface area contributed by atoms with E-state index in [-0.39, 0.29) is 6.73 Å². The van der Waals surface area contributed by atoms with E-state index in [0.717, 1.165) is 26.1 Å². The predicted molar refractivity (Wildman–Crippen MR) is 180 cm³/mol. The molecule has 0 saturated carbocycles. The fourth-order valence-corrected chi connectivity index (χ4v) is 5.42. The summed E-state index contributed by atoms with van der Waals surface area (Å²) < 4.78 is 3.54. The number of anilines is 1. The minimum absolute atomic E-state index is 0.250. The van der Waals surface area contributed by atoms with E-state index >= 15 is 0 Å². The molecule has 2 heterocycles. The number of rotatable bonds is 10. The summed E-state index contributed by atoms with van der Waals surface area (Å²) in [7, 11) is 0. The highest BCUT2D eigenvalue weighted by atomic mass is 32.2. The van der Waals surface area contributed by atoms with E-state index in [2.05, 4.69) is 116 Å². The second-order valence-electron chi connectivity index (χ2n) is 11.0. The molecule has 0 bridgehead atoms. The summed E-state index contributed by atoms with van der Waals surface area (Å²) in [4.78, 5) is 7.29. The van der Waals surface area contributed by atoms with Crippen LogP contribution in [-0.2, 0) is 0 Å². The van der Waals surface area contributed by atoms with Gasteiger partial charge >= 0.3 is 0 Å². The molecule has 6 heteroatoms. The molecule has 5 N–H and O–H groups in total. The number of benzene rings is 2. The maximum Gasteiger partial charge on any atom is 0.184 e. The number of aryl methyl sites for hydroxylation is 1. The van der Waals surface area contributed by atoms with E-state index in [9.17, 15) is 0 Å². The highest BCUT2D eigenvalue weighted by molar-refractivity contribution is 7.97. The first-order valence-electron chi connectivity index (χ1n) is 15.1. The molecule has 0 atom stereocenters. The third-order valence-electron chi connectivity index (χ3n) is 7.57. The van der Waals surface area contributed by atoms with E-state index in [1.54, 1.807) is 11.9 Å². The molecule has 4 rings (SSSR count). The Morgan fingerprint density at radius 3 is 2.24 bits per heavy atom. The van der Waals surface area contributed by atoms with Gasteiger partial charge in [-0.05, 0) is 102 Å². The van der Waals surface area contributed by atoms with Crippen molar-refractivity contribution in [2.75, 3.05) is 31.3 Å². The normalized spacial score (nSPS) is 12.8. The molecule has 0 unspecified atom stereocenters. The second kappa shape index (κ2) is 17.3. The number of aromatic amines is 1. The Balaban J connectivity index is 0.00000110. The molecule has 3 aromatic rings. The van der Waals surface area contributed by atoms with Crippen molar-refractivity contribution in [2.45, 2.75) is 79.0 Å². The number of aromatic nitrogens is 1. The lowest BCUT2D eigenvalue weighted by Crippen LogP contribution is -2.24. The zero-order valence-electron chi connectivity index (χ0n) is 26.4. The SMILES string of the molecule is C=C(CC)c1cc(-c2c[nH+]c(C)c(-c3ccc(SNCC(C)(C)CC)cc3)c2)cc(N2CCCC2)c1.CC.NCO. The van der Waals surface area contributed by atoms with Gasteiger partial charge in [0, 0.05) is 48.3 Å². The number of H-pyrrole nitrogens is 1. The Labute approximate surface area is 253 Å². The maximum absolute atomic E-state index is 7.35. The summed E-state index contributed by atoms with van der Waals surface area (Å²) in [6.45, 7) is 22.6. The standard InChI is InChI=1S/C32H41N3S.C2H6.CH5NO/c1-7-23(3)26-17-27(19-29(18-26)35-15-9-10-16-35)28-20-31(24(4)33-21-28)25-11-13-30(14-12-25)36-34-22-32(5,6)8-2;1-2;2-1-3/h11-14,17-21,34H,3,7-10,15-16,22H2,1-2,4-6H3;1-2H3;3H,1-2H2/p+1. The van der Waals surface area contributed by atoms with Gasteiger partial charge < -0.3 is 15.7 Å². The largest absolute Gasteiger partial charge is 0.382 e. The van der Waals surface area contributed by atoms with Gasteiger partial charge in [0.15, 0.2) is 11.9 Å². The maximum atomic E-state index is 7.35. The lowest BCUT2D eigenvalue weighted by molar-refractivity contribution is -0.385. The van der Waals surface area contributed by atoms with Crippen LogP contribution in [0.4, 0.5) is 5.69 Å². The van der Waals surface area contributed by atoms with E-state index in [1.807, 2.05) is 13.8 Å². The van der Waals surface area contributed by atoms with Crippen LogP contribution in [-0.4, -0.2) is 31.5 Å². The van der Waals surface area contributed by atoms with Crippen molar-refractivity contribution < 1.29 is 10.1 Å². The van der Waals surface area contributed by atoms with E-state index in [1.165, 1.54) is 68.9 Å². The summed E-state index contributed by atoms with van der Waals surface area (Å²) in [5.74, 6) is 0. The zero-order chi connectivity index (χ0) is 30.4. The Hall–Kier alpha value is -2.64. The van der Waals surface area contributed by atoms with Gasteiger partial charge in [-0.2, -0.15) is 0 Å². The van der Waals surface area contributed by atoms with Gasteiger partial charge in [-0.1, -0.05) is 60.3 Å². The average molecular weight is 578 g/mol. The van der Waals surface area contributed by atoms with Crippen LogP contribution < -0.4 is 20.3 Å². The third-order valence-corrected chi connectivity index (χ3v) is 8.37. The molecule has 1 aliphatic rings. The molecule has 1 fully saturated rings. The van der Waals surface area contributed by atoms with Crippen LogP contribution in [0.3, 0.4) is 0 Å². The molecular weight excluding hydrogens is 524 g/mol. The molecule has 224 valence electrons. The van der Waals surface area contributed by atoms with Crippen molar-refractivity contribution in [1.82, 2.24) is 4.72 Å². The number of pyridine rings is 1. The first-order valence-corrected chi connectivity index (χ1v) is 15.9. The minimum atomic E-state index is -0.250. The monoisotopic (exact) mass is 577 g/mol. The average Bonchev–Trinajstić information content (AvgIpc) is 3.54. The number of nitrogens with one attached hydrogen (secondary N) is 2. The highest BCUT2D eigenvalue weighted by Crippen LogP contribution is 2.34. The number of allylic oxidation sites excluding steroid dienone is 1. The van der Waals surface area contributed by atoms with Crippen LogP contribution in [0.15, 0.2) is 66.2 Å². The molecule has 0 spiro atoms. The van der Waals surface area contributed by atoms with Crippen molar-refractivity contribution in [1.29, 1.82) is 0 Å². The fourth-order valence-electron chi connectivity index (χ4n) is 4.52. The number of aliphatic hydroxyl groups excluding tert-OH is 1. The molecule has 5 nitrogen and oxygen atoms in total. The Morgan fingerprint density at radius 1 is 1.02 bits per heavy atom. The molecule has 0 amide bonds.